The maximum Gasteiger partial charge on any atom is 0.410 e. The molecule has 20 heavy (non-hydrogen) atoms. The van der Waals surface area contributed by atoms with Gasteiger partial charge in [0, 0.05) is 26.1 Å². The second-order valence-electron chi connectivity index (χ2n) is 6.95. The van der Waals surface area contributed by atoms with Crippen LogP contribution in [0.25, 0.3) is 0 Å². The predicted octanol–water partition coefficient (Wildman–Crippen LogP) is 2.25. The van der Waals surface area contributed by atoms with E-state index in [0.29, 0.717) is 13.1 Å². The van der Waals surface area contributed by atoms with E-state index in [1.165, 1.54) is 6.42 Å². The van der Waals surface area contributed by atoms with Crippen molar-refractivity contribution in [2.24, 2.45) is 5.92 Å². The third-order valence-corrected chi connectivity index (χ3v) is 4.16. The fourth-order valence-corrected chi connectivity index (χ4v) is 2.67. The van der Waals surface area contributed by atoms with Crippen LogP contribution in [0.2, 0.25) is 0 Å². The molecule has 1 aliphatic heterocycles. The average Bonchev–Trinajstić information content (AvgIpc) is 2.72. The van der Waals surface area contributed by atoms with Gasteiger partial charge in [-0.15, -0.1) is 0 Å². The second-order valence-corrected chi connectivity index (χ2v) is 6.95. The molecule has 1 aliphatic carbocycles. The highest BCUT2D eigenvalue weighted by molar-refractivity contribution is 5.80. The van der Waals surface area contributed by atoms with Crippen molar-refractivity contribution < 1.29 is 14.3 Å². The summed E-state index contributed by atoms with van der Waals surface area (Å²) in [6.07, 6.45) is 3.77. The third-order valence-electron chi connectivity index (χ3n) is 4.16. The molecule has 0 aromatic heterocycles. The lowest BCUT2D eigenvalue weighted by Gasteiger charge is -2.32. The summed E-state index contributed by atoms with van der Waals surface area (Å²) in [5.74, 6) is 0.461. The van der Waals surface area contributed by atoms with Crippen molar-refractivity contribution >= 4 is 12.0 Å². The topological polar surface area (TPSA) is 49.9 Å². The van der Waals surface area contributed by atoms with Gasteiger partial charge in [-0.3, -0.25) is 4.79 Å². The quantitative estimate of drug-likeness (QED) is 0.780. The van der Waals surface area contributed by atoms with Gasteiger partial charge in [-0.2, -0.15) is 0 Å². The Labute approximate surface area is 121 Å². The predicted molar refractivity (Wildman–Crippen MR) is 76.3 cm³/mol. The van der Waals surface area contributed by atoms with E-state index in [4.69, 9.17) is 4.74 Å². The number of amides is 2. The molecule has 2 rings (SSSR count). The van der Waals surface area contributed by atoms with Crippen LogP contribution in [0.1, 0.15) is 46.5 Å². The van der Waals surface area contributed by atoms with Crippen LogP contribution in [-0.2, 0) is 9.53 Å². The van der Waals surface area contributed by atoms with Gasteiger partial charge >= 0.3 is 6.09 Å². The Bertz CT molecular complexity index is 385. The van der Waals surface area contributed by atoms with Gasteiger partial charge in [0.15, 0.2) is 0 Å². The molecule has 5 nitrogen and oxygen atoms in total. The fraction of sp³-hybridized carbons (Fsp3) is 0.867. The molecule has 0 aromatic carbocycles. The normalized spacial score (nSPS) is 23.4. The van der Waals surface area contributed by atoms with Gasteiger partial charge in [-0.25, -0.2) is 4.79 Å². The van der Waals surface area contributed by atoms with Crippen LogP contribution in [0, 0.1) is 5.92 Å². The second kappa shape index (κ2) is 5.62. The summed E-state index contributed by atoms with van der Waals surface area (Å²) >= 11 is 0. The molecule has 1 saturated heterocycles. The summed E-state index contributed by atoms with van der Waals surface area (Å²) < 4.78 is 5.37. The largest absolute Gasteiger partial charge is 0.444 e. The molecule has 1 saturated carbocycles. The number of nitrogens with zero attached hydrogens (tertiary/aromatic N) is 2. The molecule has 1 heterocycles. The highest BCUT2D eigenvalue weighted by atomic mass is 16.6. The van der Waals surface area contributed by atoms with Gasteiger partial charge in [-0.1, -0.05) is 6.42 Å². The first-order chi connectivity index (χ1) is 9.28. The van der Waals surface area contributed by atoms with E-state index in [9.17, 15) is 9.59 Å². The summed E-state index contributed by atoms with van der Waals surface area (Å²) in [6, 6.07) is 0.135. The summed E-state index contributed by atoms with van der Waals surface area (Å²) in [4.78, 5) is 27.8. The number of likely N-dealkylation sites (N-methyl/N-ethyl adjacent to an activating group) is 1. The van der Waals surface area contributed by atoms with E-state index in [1.54, 1.807) is 4.90 Å². The van der Waals surface area contributed by atoms with Crippen LogP contribution in [0.15, 0.2) is 0 Å². The van der Waals surface area contributed by atoms with E-state index in [1.807, 2.05) is 32.7 Å². The van der Waals surface area contributed by atoms with Gasteiger partial charge in [0.05, 0.1) is 6.04 Å². The minimum absolute atomic E-state index is 0.135. The van der Waals surface area contributed by atoms with Crippen LogP contribution in [0.3, 0.4) is 0 Å². The Kier molecular flexibility index (Phi) is 4.25. The van der Waals surface area contributed by atoms with Gasteiger partial charge in [-0.05, 0) is 40.0 Å². The van der Waals surface area contributed by atoms with Crippen molar-refractivity contribution in [3.05, 3.63) is 0 Å². The molecule has 114 valence electrons. The van der Waals surface area contributed by atoms with Gasteiger partial charge in [0.25, 0.3) is 0 Å². The lowest BCUT2D eigenvalue weighted by Crippen LogP contribution is -2.44. The maximum atomic E-state index is 12.2. The van der Waals surface area contributed by atoms with E-state index in [-0.39, 0.29) is 24.0 Å². The van der Waals surface area contributed by atoms with Crippen molar-refractivity contribution in [1.29, 1.82) is 0 Å². The van der Waals surface area contributed by atoms with Crippen molar-refractivity contribution in [1.82, 2.24) is 9.80 Å². The lowest BCUT2D eigenvalue weighted by molar-refractivity contribution is -0.138. The molecular weight excluding hydrogens is 256 g/mol. The molecule has 2 amide bonds. The maximum absolute atomic E-state index is 12.2. The lowest BCUT2D eigenvalue weighted by atomic mass is 9.84. The zero-order valence-electron chi connectivity index (χ0n) is 13.0. The molecule has 0 unspecified atom stereocenters. The highest BCUT2D eigenvalue weighted by Crippen LogP contribution is 2.29. The zero-order valence-corrected chi connectivity index (χ0v) is 13.0. The van der Waals surface area contributed by atoms with E-state index >= 15 is 0 Å². The minimum atomic E-state index is -0.469. The Morgan fingerprint density at radius 1 is 1.20 bits per heavy atom. The number of likely N-dealkylation sites (tertiary alicyclic amines) is 1. The molecule has 2 aliphatic rings. The molecular formula is C15H26N2O3. The minimum Gasteiger partial charge on any atom is -0.444 e. The first-order valence-electron chi connectivity index (χ1n) is 7.52. The van der Waals surface area contributed by atoms with Crippen LogP contribution in [-0.4, -0.2) is 53.6 Å². The summed E-state index contributed by atoms with van der Waals surface area (Å²) in [5, 5.41) is 0. The standard InChI is InChI=1S/C15H26N2O3/c1-15(2,3)20-14(19)17-9-8-12(10-17)16(4)13(18)11-6-5-7-11/h11-12H,5-10H2,1-4H3/t12-/m0/s1. The van der Waals surface area contributed by atoms with Crippen LogP contribution in [0.5, 0.6) is 0 Å². The van der Waals surface area contributed by atoms with E-state index < -0.39 is 5.60 Å². The fourth-order valence-electron chi connectivity index (χ4n) is 2.67. The molecule has 0 radical (unpaired) electrons. The highest BCUT2D eigenvalue weighted by Gasteiger charge is 2.36. The van der Waals surface area contributed by atoms with Gasteiger partial charge in [0.1, 0.15) is 5.60 Å². The van der Waals surface area contributed by atoms with Crippen molar-refractivity contribution in [3.63, 3.8) is 0 Å². The van der Waals surface area contributed by atoms with Gasteiger partial charge < -0.3 is 14.5 Å². The van der Waals surface area contributed by atoms with Crippen LogP contribution >= 0.6 is 0 Å². The SMILES string of the molecule is CN(C(=O)C1CCC1)[C@H]1CCN(C(=O)OC(C)(C)C)C1. The smallest absolute Gasteiger partial charge is 0.410 e. The van der Waals surface area contributed by atoms with Crippen LogP contribution < -0.4 is 0 Å². The third kappa shape index (κ3) is 3.44. The van der Waals surface area contributed by atoms with Gasteiger partial charge in [0.2, 0.25) is 5.91 Å². The number of rotatable bonds is 2. The summed E-state index contributed by atoms with van der Waals surface area (Å²) in [5.41, 5.74) is -0.469. The Morgan fingerprint density at radius 3 is 2.35 bits per heavy atom. The van der Waals surface area contributed by atoms with E-state index in [2.05, 4.69) is 0 Å². The Hall–Kier alpha value is -1.26. The zero-order chi connectivity index (χ0) is 14.9. The first kappa shape index (κ1) is 15.1. The number of ether oxygens (including phenoxy) is 1. The summed E-state index contributed by atoms with van der Waals surface area (Å²) in [6.45, 7) is 6.85. The number of carbonyl (C=O) groups excluding carboxylic acids is 2. The number of hydrogen-bond acceptors (Lipinski definition) is 3. The van der Waals surface area contributed by atoms with Crippen LogP contribution in [0.4, 0.5) is 4.79 Å². The molecule has 5 heteroatoms. The van der Waals surface area contributed by atoms with E-state index in [0.717, 1.165) is 19.3 Å². The molecule has 0 aromatic rings. The Morgan fingerprint density at radius 2 is 1.85 bits per heavy atom. The average molecular weight is 282 g/mol. The first-order valence-corrected chi connectivity index (χ1v) is 7.52. The Balaban J connectivity index is 1.85. The molecule has 2 fully saturated rings. The molecule has 0 bridgehead atoms. The summed E-state index contributed by atoms with van der Waals surface area (Å²) in [7, 11) is 1.86. The van der Waals surface area contributed by atoms with Crippen molar-refractivity contribution in [2.45, 2.75) is 58.1 Å². The molecule has 0 spiro atoms. The monoisotopic (exact) mass is 282 g/mol. The number of hydrogen-bond donors (Lipinski definition) is 0. The molecule has 1 atom stereocenters. The number of carbonyl (C=O) groups is 2. The molecule has 0 N–H and O–H groups in total. The van der Waals surface area contributed by atoms with Crippen molar-refractivity contribution in [3.8, 4) is 0 Å². The van der Waals surface area contributed by atoms with Crippen molar-refractivity contribution in [2.75, 3.05) is 20.1 Å².